The molecular formula is C22H27IN2O5. The second-order valence-corrected chi connectivity index (χ2v) is 8.82. The first kappa shape index (κ1) is 22.6. The highest BCUT2D eigenvalue weighted by molar-refractivity contribution is 14.1. The van der Waals surface area contributed by atoms with Crippen LogP contribution in [0.1, 0.15) is 57.9 Å². The maximum atomic E-state index is 13.1. The van der Waals surface area contributed by atoms with Crippen LogP contribution in [0.3, 0.4) is 0 Å². The number of hydrogen-bond donors (Lipinski definition) is 1. The highest BCUT2D eigenvalue weighted by Gasteiger charge is 2.40. The molecule has 1 aliphatic carbocycles. The van der Waals surface area contributed by atoms with Crippen molar-refractivity contribution in [3.8, 4) is 11.5 Å². The van der Waals surface area contributed by atoms with Crippen molar-refractivity contribution in [1.29, 1.82) is 0 Å². The Morgan fingerprint density at radius 2 is 1.93 bits per heavy atom. The Bertz CT molecular complexity index is 877. The van der Waals surface area contributed by atoms with E-state index in [1.165, 1.54) is 11.0 Å². The summed E-state index contributed by atoms with van der Waals surface area (Å²) in [5.41, 5.74) is 0.581. The van der Waals surface area contributed by atoms with Crippen molar-refractivity contribution in [3.05, 3.63) is 26.8 Å². The van der Waals surface area contributed by atoms with Crippen molar-refractivity contribution in [2.24, 2.45) is 0 Å². The lowest BCUT2D eigenvalue weighted by molar-refractivity contribution is -0.132. The molecule has 0 spiro atoms. The van der Waals surface area contributed by atoms with Crippen molar-refractivity contribution in [2.75, 3.05) is 7.11 Å². The highest BCUT2D eigenvalue weighted by Crippen LogP contribution is 2.36. The summed E-state index contributed by atoms with van der Waals surface area (Å²) in [5.74, 6) is -0.0542. The molecule has 1 saturated heterocycles. The fourth-order valence-corrected chi connectivity index (χ4v) is 4.48. The van der Waals surface area contributed by atoms with Gasteiger partial charge in [-0.15, -0.1) is 0 Å². The van der Waals surface area contributed by atoms with Gasteiger partial charge >= 0.3 is 6.03 Å². The maximum absolute atomic E-state index is 13.1. The second kappa shape index (κ2) is 9.80. The van der Waals surface area contributed by atoms with E-state index in [1.54, 1.807) is 13.2 Å². The monoisotopic (exact) mass is 526 g/mol. The van der Waals surface area contributed by atoms with Crippen molar-refractivity contribution < 1.29 is 23.9 Å². The molecule has 1 aromatic rings. The van der Waals surface area contributed by atoms with Gasteiger partial charge in [0, 0.05) is 6.04 Å². The molecule has 1 saturated carbocycles. The molecule has 4 amide bonds. The number of hydrogen-bond acceptors (Lipinski definition) is 5. The number of amides is 4. The summed E-state index contributed by atoms with van der Waals surface area (Å²) in [5, 5.41) is 2.32. The zero-order valence-electron chi connectivity index (χ0n) is 17.5. The van der Waals surface area contributed by atoms with E-state index in [0.717, 1.165) is 42.1 Å². The highest BCUT2D eigenvalue weighted by atomic mass is 127. The van der Waals surface area contributed by atoms with Gasteiger partial charge in [0.05, 0.1) is 16.8 Å². The molecule has 3 rings (SSSR count). The van der Waals surface area contributed by atoms with E-state index in [9.17, 15) is 14.4 Å². The zero-order valence-corrected chi connectivity index (χ0v) is 19.7. The third-order valence-electron chi connectivity index (χ3n) is 5.53. The van der Waals surface area contributed by atoms with E-state index in [-0.39, 0.29) is 17.7 Å². The number of rotatable bonds is 6. The Morgan fingerprint density at radius 1 is 1.23 bits per heavy atom. The Balaban J connectivity index is 1.94. The van der Waals surface area contributed by atoms with Crippen molar-refractivity contribution >= 4 is 46.5 Å². The molecule has 1 N–H and O–H groups in total. The quantitative estimate of drug-likeness (QED) is 0.340. The Morgan fingerprint density at radius 3 is 2.57 bits per heavy atom. The Labute approximate surface area is 190 Å². The number of nitrogens with one attached hydrogen (secondary N) is 1. The van der Waals surface area contributed by atoms with Gasteiger partial charge < -0.3 is 9.47 Å². The topological polar surface area (TPSA) is 84.9 Å². The van der Waals surface area contributed by atoms with Crippen LogP contribution in [0.5, 0.6) is 11.5 Å². The minimum absolute atomic E-state index is 0.0254. The first-order chi connectivity index (χ1) is 14.3. The molecule has 162 valence electrons. The maximum Gasteiger partial charge on any atom is 0.331 e. The summed E-state index contributed by atoms with van der Waals surface area (Å²) in [6.07, 6.45) is 6.98. The number of carbonyl (C=O) groups is 3. The van der Waals surface area contributed by atoms with Crippen molar-refractivity contribution in [3.63, 3.8) is 0 Å². The number of benzene rings is 1. The third kappa shape index (κ3) is 4.79. The molecule has 1 atom stereocenters. The summed E-state index contributed by atoms with van der Waals surface area (Å²) < 4.78 is 12.2. The number of methoxy groups -OCH3 is 1. The molecule has 2 aliphatic rings. The largest absolute Gasteiger partial charge is 0.493 e. The molecule has 1 unspecified atom stereocenters. The molecule has 8 heteroatoms. The summed E-state index contributed by atoms with van der Waals surface area (Å²) in [6, 6.07) is 2.77. The summed E-state index contributed by atoms with van der Waals surface area (Å²) in [7, 11) is 1.55. The number of carbonyl (C=O) groups excluding carboxylic acids is 3. The summed E-state index contributed by atoms with van der Waals surface area (Å²) in [4.78, 5) is 39.1. The van der Waals surface area contributed by atoms with Gasteiger partial charge in [0.15, 0.2) is 11.5 Å². The molecule has 1 aromatic carbocycles. The van der Waals surface area contributed by atoms with E-state index < -0.39 is 17.8 Å². The van der Waals surface area contributed by atoms with Crippen LogP contribution in [-0.2, 0) is 9.59 Å². The van der Waals surface area contributed by atoms with E-state index in [4.69, 9.17) is 9.47 Å². The molecule has 7 nitrogen and oxygen atoms in total. The molecule has 2 fully saturated rings. The molecular weight excluding hydrogens is 499 g/mol. The van der Waals surface area contributed by atoms with Gasteiger partial charge in [0.1, 0.15) is 5.57 Å². The molecule has 1 aliphatic heterocycles. The SMILES string of the molecule is CCC(C)Oc1c(I)cc(C=C2C(=O)NC(=O)N(C3CCCCC3)C2=O)cc1OC. The molecule has 30 heavy (non-hydrogen) atoms. The Kier molecular flexibility index (Phi) is 7.38. The van der Waals surface area contributed by atoms with E-state index >= 15 is 0 Å². The van der Waals surface area contributed by atoms with Crippen LogP contribution >= 0.6 is 22.6 Å². The lowest BCUT2D eigenvalue weighted by Gasteiger charge is -2.35. The third-order valence-corrected chi connectivity index (χ3v) is 6.33. The number of barbiturate groups is 1. The van der Waals surface area contributed by atoms with Gasteiger partial charge in [-0.2, -0.15) is 0 Å². The predicted octanol–water partition coefficient (Wildman–Crippen LogP) is 4.27. The number of imide groups is 2. The fraction of sp³-hybridized carbons (Fsp3) is 0.500. The van der Waals surface area contributed by atoms with Crippen LogP contribution < -0.4 is 14.8 Å². The number of urea groups is 1. The van der Waals surface area contributed by atoms with Crippen LogP contribution in [-0.4, -0.2) is 42.0 Å². The van der Waals surface area contributed by atoms with Crippen molar-refractivity contribution in [2.45, 2.75) is 64.5 Å². The smallest absolute Gasteiger partial charge is 0.331 e. The average Bonchev–Trinajstić information content (AvgIpc) is 2.73. The van der Waals surface area contributed by atoms with Crippen LogP contribution in [0, 0.1) is 3.57 Å². The zero-order chi connectivity index (χ0) is 21.8. The fourth-order valence-electron chi connectivity index (χ4n) is 3.73. The summed E-state index contributed by atoms with van der Waals surface area (Å²) >= 11 is 2.15. The van der Waals surface area contributed by atoms with Gasteiger partial charge in [-0.05, 0) is 72.5 Å². The summed E-state index contributed by atoms with van der Waals surface area (Å²) in [6.45, 7) is 4.02. The first-order valence-electron chi connectivity index (χ1n) is 10.3. The van der Waals surface area contributed by atoms with Gasteiger partial charge in [0.2, 0.25) is 0 Å². The number of halogens is 1. The minimum atomic E-state index is -0.675. The number of nitrogens with zero attached hydrogens (tertiary/aromatic N) is 1. The van der Waals surface area contributed by atoms with Crippen LogP contribution in [0.15, 0.2) is 17.7 Å². The van der Waals surface area contributed by atoms with Crippen LogP contribution in [0.4, 0.5) is 4.79 Å². The van der Waals surface area contributed by atoms with E-state index in [0.29, 0.717) is 17.1 Å². The van der Waals surface area contributed by atoms with E-state index in [2.05, 4.69) is 27.9 Å². The lowest BCUT2D eigenvalue weighted by atomic mass is 9.93. The van der Waals surface area contributed by atoms with Gasteiger partial charge in [-0.1, -0.05) is 26.2 Å². The number of ether oxygens (including phenoxy) is 2. The minimum Gasteiger partial charge on any atom is -0.493 e. The second-order valence-electron chi connectivity index (χ2n) is 7.66. The Hall–Kier alpha value is -2.10. The molecule has 1 heterocycles. The molecule has 0 radical (unpaired) electrons. The van der Waals surface area contributed by atoms with Gasteiger partial charge in [-0.3, -0.25) is 19.8 Å². The van der Waals surface area contributed by atoms with Crippen molar-refractivity contribution in [1.82, 2.24) is 10.2 Å². The van der Waals surface area contributed by atoms with E-state index in [1.807, 2.05) is 19.9 Å². The van der Waals surface area contributed by atoms with Crippen LogP contribution in [0.25, 0.3) is 6.08 Å². The normalized spacial score (nSPS) is 20.3. The standard InChI is InChI=1S/C22H27IN2O5/c1-4-13(2)30-19-17(23)11-14(12-18(19)29-3)10-16-20(26)24-22(28)25(21(16)27)15-8-6-5-7-9-15/h10-13,15H,4-9H2,1-3H3,(H,24,26,28). The van der Waals surface area contributed by atoms with Gasteiger partial charge in [0.25, 0.3) is 11.8 Å². The first-order valence-corrected chi connectivity index (χ1v) is 11.4. The average molecular weight is 526 g/mol. The van der Waals surface area contributed by atoms with Gasteiger partial charge in [-0.25, -0.2) is 4.79 Å². The van der Waals surface area contributed by atoms with Crippen LogP contribution in [0.2, 0.25) is 0 Å². The molecule has 0 aromatic heterocycles. The lowest BCUT2D eigenvalue weighted by Crippen LogP contribution is -2.58. The molecule has 0 bridgehead atoms. The predicted molar refractivity (Wildman–Crippen MR) is 121 cm³/mol.